The second-order valence-electron chi connectivity index (χ2n) is 6.75. The Hall–Kier alpha value is -3.62. The lowest BCUT2D eigenvalue weighted by Crippen LogP contribution is -2.15. The zero-order valence-electron chi connectivity index (χ0n) is 15.8. The number of nitrogens with zero attached hydrogens (tertiary/aromatic N) is 2. The van der Waals surface area contributed by atoms with Gasteiger partial charge in [-0.25, -0.2) is 18.5 Å². The SMILES string of the molecule is NS(=O)(=O)Cc1ccc(NC(=O)c2cc(-c3ccccn3)nc3ccccc23)cc1. The van der Waals surface area contributed by atoms with Crippen LogP contribution in [0.3, 0.4) is 0 Å². The number of nitrogens with one attached hydrogen (secondary N) is 1. The van der Waals surface area contributed by atoms with Gasteiger partial charge in [-0.3, -0.25) is 9.78 Å². The number of anilines is 1. The average molecular weight is 418 g/mol. The summed E-state index contributed by atoms with van der Waals surface area (Å²) >= 11 is 0. The lowest BCUT2D eigenvalue weighted by atomic mass is 10.1. The van der Waals surface area contributed by atoms with Gasteiger partial charge in [0.2, 0.25) is 10.0 Å². The van der Waals surface area contributed by atoms with Gasteiger partial charge in [0.05, 0.1) is 28.2 Å². The smallest absolute Gasteiger partial charge is 0.256 e. The minimum Gasteiger partial charge on any atom is -0.322 e. The molecule has 0 aliphatic carbocycles. The minimum absolute atomic E-state index is 0.260. The molecule has 0 aliphatic heterocycles. The highest BCUT2D eigenvalue weighted by atomic mass is 32.2. The third kappa shape index (κ3) is 4.51. The Balaban J connectivity index is 1.67. The highest BCUT2D eigenvalue weighted by molar-refractivity contribution is 7.88. The van der Waals surface area contributed by atoms with Crippen molar-refractivity contribution in [3.63, 3.8) is 0 Å². The molecular formula is C22H18N4O3S. The Kier molecular flexibility index (Phi) is 5.26. The van der Waals surface area contributed by atoms with Gasteiger partial charge in [-0.05, 0) is 42.0 Å². The lowest BCUT2D eigenvalue weighted by molar-refractivity contribution is 0.102. The van der Waals surface area contributed by atoms with E-state index >= 15 is 0 Å². The van der Waals surface area contributed by atoms with Gasteiger partial charge in [0.1, 0.15) is 0 Å². The van der Waals surface area contributed by atoms with Crippen LogP contribution < -0.4 is 10.5 Å². The molecule has 7 nitrogen and oxygen atoms in total. The van der Waals surface area contributed by atoms with E-state index in [1.54, 1.807) is 36.5 Å². The van der Waals surface area contributed by atoms with Crippen LogP contribution in [0.1, 0.15) is 15.9 Å². The number of hydrogen-bond donors (Lipinski definition) is 2. The van der Waals surface area contributed by atoms with Gasteiger partial charge in [-0.2, -0.15) is 0 Å². The molecule has 0 bridgehead atoms. The Morgan fingerprint density at radius 2 is 1.67 bits per heavy atom. The quantitative estimate of drug-likeness (QED) is 0.516. The topological polar surface area (TPSA) is 115 Å². The van der Waals surface area contributed by atoms with Crippen molar-refractivity contribution in [1.82, 2.24) is 9.97 Å². The average Bonchev–Trinajstić information content (AvgIpc) is 2.74. The fourth-order valence-electron chi connectivity index (χ4n) is 3.12. The third-order valence-corrected chi connectivity index (χ3v) is 5.20. The van der Waals surface area contributed by atoms with E-state index in [2.05, 4.69) is 15.3 Å². The van der Waals surface area contributed by atoms with E-state index in [9.17, 15) is 13.2 Å². The van der Waals surface area contributed by atoms with Gasteiger partial charge in [-0.15, -0.1) is 0 Å². The van der Waals surface area contributed by atoms with Gasteiger partial charge in [-0.1, -0.05) is 36.4 Å². The number of nitrogens with two attached hydrogens (primary N) is 1. The van der Waals surface area contributed by atoms with Crippen molar-refractivity contribution in [3.8, 4) is 11.4 Å². The summed E-state index contributed by atoms with van der Waals surface area (Å²) < 4.78 is 22.4. The van der Waals surface area contributed by atoms with Crippen molar-refractivity contribution in [3.05, 3.63) is 90.1 Å². The molecule has 0 unspecified atom stereocenters. The summed E-state index contributed by atoms with van der Waals surface area (Å²) in [6.45, 7) is 0. The molecule has 4 aromatic rings. The first-order valence-electron chi connectivity index (χ1n) is 9.11. The molecule has 30 heavy (non-hydrogen) atoms. The van der Waals surface area contributed by atoms with E-state index in [4.69, 9.17) is 5.14 Å². The number of primary sulfonamides is 1. The van der Waals surface area contributed by atoms with Gasteiger partial charge in [0.25, 0.3) is 5.91 Å². The van der Waals surface area contributed by atoms with E-state index in [1.165, 1.54) is 0 Å². The summed E-state index contributed by atoms with van der Waals surface area (Å²) in [6.07, 6.45) is 1.68. The first-order valence-corrected chi connectivity index (χ1v) is 10.8. The molecule has 8 heteroatoms. The number of carbonyl (C=O) groups is 1. The van der Waals surface area contributed by atoms with Crippen molar-refractivity contribution in [2.75, 3.05) is 5.32 Å². The largest absolute Gasteiger partial charge is 0.322 e. The monoisotopic (exact) mass is 418 g/mol. The Morgan fingerprint density at radius 1 is 0.933 bits per heavy atom. The predicted molar refractivity (Wildman–Crippen MR) is 116 cm³/mol. The second kappa shape index (κ2) is 8.02. The highest BCUT2D eigenvalue weighted by Crippen LogP contribution is 2.24. The van der Waals surface area contributed by atoms with E-state index in [0.29, 0.717) is 33.7 Å². The van der Waals surface area contributed by atoms with Crippen LogP contribution in [0.25, 0.3) is 22.3 Å². The third-order valence-electron chi connectivity index (χ3n) is 4.47. The molecule has 0 fully saturated rings. The summed E-state index contributed by atoms with van der Waals surface area (Å²) in [6, 6.07) is 21.1. The summed E-state index contributed by atoms with van der Waals surface area (Å²) in [5.74, 6) is -0.561. The number of carbonyl (C=O) groups excluding carboxylic acids is 1. The summed E-state index contributed by atoms with van der Waals surface area (Å²) in [5.41, 5.74) is 3.51. The molecule has 3 N–H and O–H groups in total. The Labute approximate surface area is 173 Å². The predicted octanol–water partition coefficient (Wildman–Crippen LogP) is 3.34. The van der Waals surface area contributed by atoms with Crippen molar-refractivity contribution >= 4 is 32.5 Å². The number of rotatable bonds is 5. The number of hydrogen-bond acceptors (Lipinski definition) is 5. The number of amides is 1. The van der Waals surface area contributed by atoms with E-state index in [1.807, 2.05) is 42.5 Å². The minimum atomic E-state index is -3.61. The molecule has 0 atom stereocenters. The number of fused-ring (bicyclic) bond motifs is 1. The molecule has 0 radical (unpaired) electrons. The molecule has 0 saturated carbocycles. The molecule has 0 spiro atoms. The van der Waals surface area contributed by atoms with Crippen LogP contribution in [-0.4, -0.2) is 24.3 Å². The van der Waals surface area contributed by atoms with Crippen LogP contribution in [0.2, 0.25) is 0 Å². The first-order chi connectivity index (χ1) is 14.4. The van der Waals surface area contributed by atoms with Crippen molar-refractivity contribution in [1.29, 1.82) is 0 Å². The number of aromatic nitrogens is 2. The molecule has 2 aromatic heterocycles. The second-order valence-corrected chi connectivity index (χ2v) is 8.36. The van der Waals surface area contributed by atoms with E-state index in [-0.39, 0.29) is 11.7 Å². The van der Waals surface area contributed by atoms with Crippen LogP contribution in [-0.2, 0) is 15.8 Å². The standard InChI is InChI=1S/C22H18N4O3S/c23-30(28,29)14-15-8-10-16(11-9-15)25-22(27)18-13-21(20-7-3-4-12-24-20)26-19-6-2-1-5-17(18)19/h1-13H,14H2,(H,25,27)(H2,23,28,29). The van der Waals surface area contributed by atoms with Gasteiger partial charge < -0.3 is 5.32 Å². The Bertz CT molecular complexity index is 1320. The molecule has 0 aliphatic rings. The van der Waals surface area contributed by atoms with Crippen molar-refractivity contribution < 1.29 is 13.2 Å². The highest BCUT2D eigenvalue weighted by Gasteiger charge is 2.15. The summed E-state index contributed by atoms with van der Waals surface area (Å²) in [7, 11) is -3.61. The van der Waals surface area contributed by atoms with Crippen LogP contribution >= 0.6 is 0 Å². The van der Waals surface area contributed by atoms with Crippen LogP contribution in [0, 0.1) is 0 Å². The van der Waals surface area contributed by atoms with Crippen molar-refractivity contribution in [2.24, 2.45) is 5.14 Å². The number of pyridine rings is 2. The number of sulfonamides is 1. The summed E-state index contributed by atoms with van der Waals surface area (Å²) in [5, 5.41) is 8.64. The maximum absolute atomic E-state index is 13.1. The molecule has 150 valence electrons. The van der Waals surface area contributed by atoms with Gasteiger partial charge >= 0.3 is 0 Å². The number of para-hydroxylation sites is 1. The van der Waals surface area contributed by atoms with Crippen molar-refractivity contribution in [2.45, 2.75) is 5.75 Å². The Morgan fingerprint density at radius 3 is 2.37 bits per heavy atom. The maximum atomic E-state index is 13.1. The lowest BCUT2D eigenvalue weighted by Gasteiger charge is -2.11. The molecular weight excluding hydrogens is 400 g/mol. The molecule has 2 heterocycles. The number of benzene rings is 2. The fraction of sp³-hybridized carbons (Fsp3) is 0.0455. The zero-order valence-corrected chi connectivity index (χ0v) is 16.6. The first kappa shape index (κ1) is 19.7. The molecule has 4 rings (SSSR count). The zero-order chi connectivity index (χ0) is 21.1. The molecule has 2 aromatic carbocycles. The summed E-state index contributed by atoms with van der Waals surface area (Å²) in [4.78, 5) is 22.0. The van der Waals surface area contributed by atoms with Gasteiger partial charge in [0, 0.05) is 17.3 Å². The van der Waals surface area contributed by atoms with Gasteiger partial charge in [0.15, 0.2) is 0 Å². The van der Waals surface area contributed by atoms with Crippen LogP contribution in [0.4, 0.5) is 5.69 Å². The molecule has 1 amide bonds. The van der Waals surface area contributed by atoms with Crippen LogP contribution in [0.15, 0.2) is 79.0 Å². The fourth-order valence-corrected chi connectivity index (χ4v) is 3.78. The molecule has 0 saturated heterocycles. The normalized spacial score (nSPS) is 11.4. The van der Waals surface area contributed by atoms with E-state index < -0.39 is 10.0 Å². The van der Waals surface area contributed by atoms with E-state index in [0.717, 1.165) is 5.39 Å². The van der Waals surface area contributed by atoms with Crippen LogP contribution in [0.5, 0.6) is 0 Å². The maximum Gasteiger partial charge on any atom is 0.256 e.